The van der Waals surface area contributed by atoms with Gasteiger partial charge in [-0.1, -0.05) is 18.2 Å². The third-order valence-corrected chi connectivity index (χ3v) is 6.83. The van der Waals surface area contributed by atoms with Gasteiger partial charge in [-0.05, 0) is 29.7 Å². The fourth-order valence-corrected chi connectivity index (χ4v) is 4.97. The molecule has 5 rings (SSSR count). The summed E-state index contributed by atoms with van der Waals surface area (Å²) in [5.74, 6) is 0.278. The molecule has 3 heterocycles. The number of carbonyl (C=O) groups is 1. The van der Waals surface area contributed by atoms with Crippen LogP contribution in [0.1, 0.15) is 16.2 Å². The number of rotatable bonds is 6. The number of thiophene rings is 1. The predicted octanol–water partition coefficient (Wildman–Crippen LogP) is 1.64. The van der Waals surface area contributed by atoms with Gasteiger partial charge in [-0.2, -0.15) is 15.0 Å². The quantitative estimate of drug-likeness (QED) is 0.236. The average Bonchev–Trinajstić information content (AvgIpc) is 3.34. The molecule has 0 atom stereocenters. The van der Waals surface area contributed by atoms with Crippen LogP contribution in [0.3, 0.4) is 0 Å². The number of fused-ring (bicyclic) bond motifs is 1. The highest BCUT2D eigenvalue weighted by Gasteiger charge is 2.20. The lowest BCUT2D eigenvalue weighted by atomic mass is 10.0. The van der Waals surface area contributed by atoms with Crippen LogP contribution in [0.2, 0.25) is 0 Å². The summed E-state index contributed by atoms with van der Waals surface area (Å²) in [6, 6.07) is 13.8. The van der Waals surface area contributed by atoms with E-state index in [-0.39, 0.29) is 5.82 Å². The van der Waals surface area contributed by atoms with E-state index < -0.39 is 5.91 Å². The molecule has 6 N–H and O–H groups in total. The Morgan fingerprint density at radius 3 is 2.71 bits per heavy atom. The number of nitrogens with zero attached hydrogens (tertiary/aromatic N) is 4. The Hall–Kier alpha value is -4.09. The lowest BCUT2D eigenvalue weighted by molar-refractivity contribution is -0.104. The molecular weight excluding hydrogens is 464 g/mol. The van der Waals surface area contributed by atoms with Crippen molar-refractivity contribution in [1.82, 2.24) is 15.0 Å². The summed E-state index contributed by atoms with van der Waals surface area (Å²) in [6.45, 7) is 2.43. The van der Waals surface area contributed by atoms with Gasteiger partial charge in [-0.25, -0.2) is 0 Å². The number of anilines is 4. The highest BCUT2D eigenvalue weighted by molar-refractivity contribution is 7.22. The maximum Gasteiger partial charge on any atom is 0.293 e. The van der Waals surface area contributed by atoms with E-state index in [4.69, 9.17) is 15.9 Å². The molecule has 0 radical (unpaired) electrons. The molecule has 1 aliphatic heterocycles. The van der Waals surface area contributed by atoms with Gasteiger partial charge in [0.25, 0.3) is 5.91 Å². The number of ether oxygens (including phenoxy) is 1. The van der Waals surface area contributed by atoms with E-state index in [1.54, 1.807) is 24.5 Å². The predicted molar refractivity (Wildman–Crippen MR) is 139 cm³/mol. The summed E-state index contributed by atoms with van der Waals surface area (Å²) < 4.78 is 6.55. The second kappa shape index (κ2) is 9.65. The molecule has 2 aromatic carbocycles. The van der Waals surface area contributed by atoms with Crippen molar-refractivity contribution in [1.29, 1.82) is 0 Å². The van der Waals surface area contributed by atoms with Crippen LogP contribution in [0.15, 0.2) is 42.5 Å². The van der Waals surface area contributed by atoms with Crippen LogP contribution in [0.25, 0.3) is 20.5 Å². The first kappa shape index (κ1) is 22.7. The van der Waals surface area contributed by atoms with Crippen LogP contribution in [0.4, 0.5) is 23.3 Å². The highest BCUT2D eigenvalue weighted by Crippen LogP contribution is 2.38. The summed E-state index contributed by atoms with van der Waals surface area (Å²) in [5, 5.41) is 12.8. The van der Waals surface area contributed by atoms with E-state index in [0.717, 1.165) is 20.5 Å². The number of nitrogen functional groups attached to an aromatic ring is 1. The Morgan fingerprint density at radius 1 is 1.17 bits per heavy atom. The van der Waals surface area contributed by atoms with E-state index in [0.29, 0.717) is 55.1 Å². The largest absolute Gasteiger partial charge is 0.398 e. The van der Waals surface area contributed by atoms with E-state index in [1.807, 2.05) is 23.1 Å². The molecule has 178 valence electrons. The second-order valence-corrected chi connectivity index (χ2v) is 9.01. The summed E-state index contributed by atoms with van der Waals surface area (Å²) in [5.41, 5.74) is 8.92. The molecule has 0 bridgehead atoms. The summed E-state index contributed by atoms with van der Waals surface area (Å²) >= 11 is 1.63. The van der Waals surface area contributed by atoms with Gasteiger partial charge in [0.2, 0.25) is 17.7 Å². The standard InChI is InChI=1S/C24H24N8O2S/c1-27-23-29-21(30-24(31-23)32-6-8-34-9-7-32)22(33)28-16-10-15(13-25)20(26)17(12-16)19-11-14-4-2-3-5-18(14)35-19/h2-5,10-13,25H,6-9,26H2,1H3,(H,28,33)(H,27,29,30,31)/p+1. The number of nitrogens with one attached hydrogen (secondary N) is 2. The summed E-state index contributed by atoms with van der Waals surface area (Å²) in [7, 11) is 1.70. The Balaban J connectivity index is 1.48. The van der Waals surface area contributed by atoms with Crippen LogP contribution in [-0.2, 0) is 4.74 Å². The van der Waals surface area contributed by atoms with Crippen molar-refractivity contribution >= 4 is 56.8 Å². The van der Waals surface area contributed by atoms with E-state index in [9.17, 15) is 4.79 Å². The van der Waals surface area contributed by atoms with Gasteiger partial charge in [0.15, 0.2) is 6.21 Å². The summed E-state index contributed by atoms with van der Waals surface area (Å²) in [4.78, 5) is 29.2. The van der Waals surface area contributed by atoms with Crippen molar-refractivity contribution < 1.29 is 14.9 Å². The fraction of sp³-hybridized carbons (Fsp3) is 0.208. The Morgan fingerprint density at radius 2 is 1.97 bits per heavy atom. The SMILES string of the molecule is CNc1nc(C(=O)Nc2cc(C=[NH2+])c(N)c(-c3cc4ccccc4s3)c2)nc(N2CCOCC2)n1. The number of amides is 1. The zero-order valence-electron chi connectivity index (χ0n) is 19.1. The molecule has 1 amide bonds. The van der Waals surface area contributed by atoms with Crippen molar-refractivity contribution in [3.8, 4) is 10.4 Å². The van der Waals surface area contributed by atoms with E-state index in [1.165, 1.54) is 6.21 Å². The molecule has 11 heteroatoms. The minimum Gasteiger partial charge on any atom is -0.398 e. The summed E-state index contributed by atoms with van der Waals surface area (Å²) in [6.07, 6.45) is 1.43. The number of nitrogens with two attached hydrogens (primary N) is 2. The Labute approximate surface area is 205 Å². The lowest BCUT2D eigenvalue weighted by Gasteiger charge is -2.26. The Bertz CT molecular complexity index is 1380. The van der Waals surface area contributed by atoms with Crippen LogP contribution in [0.5, 0.6) is 0 Å². The number of hydrogen-bond donors (Lipinski definition) is 4. The molecule has 0 unspecified atom stereocenters. The van der Waals surface area contributed by atoms with Crippen molar-refractivity contribution in [3.63, 3.8) is 0 Å². The zero-order valence-corrected chi connectivity index (χ0v) is 19.9. The smallest absolute Gasteiger partial charge is 0.293 e. The average molecular weight is 490 g/mol. The van der Waals surface area contributed by atoms with Crippen LogP contribution in [-0.4, -0.2) is 60.4 Å². The van der Waals surface area contributed by atoms with Crippen LogP contribution in [0, 0.1) is 0 Å². The molecule has 4 aromatic rings. The first-order valence-corrected chi connectivity index (χ1v) is 11.9. The third-order valence-electron chi connectivity index (χ3n) is 5.68. The lowest BCUT2D eigenvalue weighted by Crippen LogP contribution is -2.38. The molecule has 1 aliphatic rings. The topological polar surface area (TPSA) is 144 Å². The number of aromatic nitrogens is 3. The van der Waals surface area contributed by atoms with Gasteiger partial charge in [-0.15, -0.1) is 11.3 Å². The number of benzene rings is 2. The molecular formula is C24H25N8O2S+. The number of morpholine rings is 1. The van der Waals surface area contributed by atoms with Crippen LogP contribution < -0.4 is 26.7 Å². The zero-order chi connectivity index (χ0) is 24.4. The molecule has 1 fully saturated rings. The molecule has 1 saturated heterocycles. The highest BCUT2D eigenvalue weighted by atomic mass is 32.1. The van der Waals surface area contributed by atoms with Gasteiger partial charge in [0, 0.05) is 41.0 Å². The van der Waals surface area contributed by atoms with E-state index >= 15 is 0 Å². The minimum absolute atomic E-state index is 0.00403. The molecule has 0 aliphatic carbocycles. The van der Waals surface area contributed by atoms with Crippen molar-refractivity contribution in [2.24, 2.45) is 0 Å². The molecule has 35 heavy (non-hydrogen) atoms. The third kappa shape index (κ3) is 4.63. The molecule has 0 spiro atoms. The van der Waals surface area contributed by atoms with Crippen molar-refractivity contribution in [3.05, 3.63) is 53.9 Å². The molecule has 10 nitrogen and oxygen atoms in total. The Kier molecular flexibility index (Phi) is 6.25. The minimum atomic E-state index is -0.464. The molecule has 2 aromatic heterocycles. The monoisotopic (exact) mass is 489 g/mol. The van der Waals surface area contributed by atoms with Crippen LogP contribution >= 0.6 is 11.3 Å². The van der Waals surface area contributed by atoms with Crippen molar-refractivity contribution in [2.45, 2.75) is 0 Å². The second-order valence-electron chi connectivity index (χ2n) is 7.93. The first-order chi connectivity index (χ1) is 17.1. The maximum absolute atomic E-state index is 13.2. The fourth-order valence-electron chi connectivity index (χ4n) is 3.87. The van der Waals surface area contributed by atoms with Gasteiger partial charge >= 0.3 is 0 Å². The van der Waals surface area contributed by atoms with E-state index in [2.05, 4.69) is 43.8 Å². The maximum atomic E-state index is 13.2. The number of carbonyl (C=O) groups excluding carboxylic acids is 1. The van der Waals surface area contributed by atoms with Crippen molar-refractivity contribution in [2.75, 3.05) is 54.6 Å². The van der Waals surface area contributed by atoms with Gasteiger partial charge < -0.3 is 26.0 Å². The van der Waals surface area contributed by atoms with Gasteiger partial charge in [-0.3, -0.25) is 10.2 Å². The molecule has 0 saturated carbocycles. The normalized spacial score (nSPS) is 13.6. The number of hydrogen-bond acceptors (Lipinski definition) is 9. The van der Waals surface area contributed by atoms with Gasteiger partial charge in [0.05, 0.1) is 24.5 Å². The van der Waals surface area contributed by atoms with Gasteiger partial charge in [0.1, 0.15) is 0 Å². The first-order valence-electron chi connectivity index (χ1n) is 11.1.